The van der Waals surface area contributed by atoms with Gasteiger partial charge in [-0.1, -0.05) is 164 Å². The second-order valence-electron chi connectivity index (χ2n) is 12.8. The number of hydrogen-bond acceptors (Lipinski definition) is 0. The zero-order chi connectivity index (χ0) is 31.6. The number of rotatable bonds is 4. The van der Waals surface area contributed by atoms with Gasteiger partial charge in [0, 0.05) is 0 Å². The maximum Gasteiger partial charge on any atom is -0.00201 e. The second kappa shape index (κ2) is 10.7. The molecule has 222 valence electrons. The average molecular weight is 607 g/mol. The molecule has 10 aromatic carbocycles. The van der Waals surface area contributed by atoms with Gasteiger partial charge in [-0.3, -0.25) is 0 Å². The average Bonchev–Trinajstić information content (AvgIpc) is 3.16. The van der Waals surface area contributed by atoms with Gasteiger partial charge in [0.05, 0.1) is 0 Å². The van der Waals surface area contributed by atoms with Gasteiger partial charge in [0.2, 0.25) is 0 Å². The van der Waals surface area contributed by atoms with E-state index in [1.165, 1.54) is 98.4 Å². The summed E-state index contributed by atoms with van der Waals surface area (Å²) in [6, 6.07) is 67.1. The van der Waals surface area contributed by atoms with E-state index in [1.807, 2.05) is 0 Å². The fourth-order valence-corrected chi connectivity index (χ4v) is 8.07. The van der Waals surface area contributed by atoms with Gasteiger partial charge in [0.25, 0.3) is 0 Å². The zero-order valence-corrected chi connectivity index (χ0v) is 26.3. The van der Waals surface area contributed by atoms with E-state index in [0.717, 1.165) is 0 Å². The van der Waals surface area contributed by atoms with E-state index in [1.54, 1.807) is 0 Å². The van der Waals surface area contributed by atoms with E-state index in [9.17, 15) is 0 Å². The number of benzene rings is 10. The van der Waals surface area contributed by atoms with E-state index < -0.39 is 0 Å². The monoisotopic (exact) mass is 606 g/mol. The standard InChI is InChI=1S/C48H30/c1-2-12-31(13-3-1)39-18-4-5-19-40(39)48-43-22-8-6-20-41(43)47(42-21-7-9-23-44(42)48)35-17-11-16-34(28-35)38-29-36-26-24-32-14-10-15-33-25-27-37(30-38)46(36)45(32)33/h1-30H. The predicted molar refractivity (Wildman–Crippen MR) is 207 cm³/mol. The highest BCUT2D eigenvalue weighted by atomic mass is 14.2. The van der Waals surface area contributed by atoms with Gasteiger partial charge in [0.15, 0.2) is 0 Å². The third kappa shape index (κ3) is 4.10. The Morgan fingerprint density at radius 2 is 0.688 bits per heavy atom. The molecule has 0 saturated carbocycles. The van der Waals surface area contributed by atoms with Crippen molar-refractivity contribution in [3.63, 3.8) is 0 Å². The molecule has 0 aliphatic rings. The summed E-state index contributed by atoms with van der Waals surface area (Å²) in [5.74, 6) is 0. The zero-order valence-electron chi connectivity index (χ0n) is 26.3. The first-order valence-corrected chi connectivity index (χ1v) is 16.7. The van der Waals surface area contributed by atoms with Crippen molar-refractivity contribution in [2.45, 2.75) is 0 Å². The Morgan fingerprint density at radius 1 is 0.229 bits per heavy atom. The Morgan fingerprint density at radius 3 is 1.33 bits per heavy atom. The Hall–Kier alpha value is -6.24. The van der Waals surface area contributed by atoms with Crippen molar-refractivity contribution >= 4 is 53.9 Å². The summed E-state index contributed by atoms with van der Waals surface area (Å²) < 4.78 is 0. The minimum absolute atomic E-state index is 1.23. The summed E-state index contributed by atoms with van der Waals surface area (Å²) in [6.07, 6.45) is 0. The van der Waals surface area contributed by atoms with E-state index in [0.29, 0.717) is 0 Å². The maximum absolute atomic E-state index is 2.39. The molecule has 0 unspecified atom stereocenters. The van der Waals surface area contributed by atoms with Crippen molar-refractivity contribution < 1.29 is 0 Å². The Kier molecular flexibility index (Phi) is 5.98. The van der Waals surface area contributed by atoms with Gasteiger partial charge >= 0.3 is 0 Å². The van der Waals surface area contributed by atoms with Crippen LogP contribution in [0.2, 0.25) is 0 Å². The number of fused-ring (bicyclic) bond motifs is 2. The van der Waals surface area contributed by atoms with Crippen molar-refractivity contribution in [1.29, 1.82) is 0 Å². The smallest absolute Gasteiger partial charge is 0.00201 e. The molecule has 0 heteroatoms. The highest BCUT2D eigenvalue weighted by Gasteiger charge is 2.19. The predicted octanol–water partition coefficient (Wildman–Crippen LogP) is 13.6. The quantitative estimate of drug-likeness (QED) is 0.138. The molecule has 0 N–H and O–H groups in total. The van der Waals surface area contributed by atoms with Crippen LogP contribution >= 0.6 is 0 Å². The van der Waals surface area contributed by atoms with Gasteiger partial charge in [-0.05, 0) is 117 Å². The van der Waals surface area contributed by atoms with Crippen LogP contribution in [0.5, 0.6) is 0 Å². The minimum Gasteiger partial charge on any atom is -0.0622 e. The fourth-order valence-electron chi connectivity index (χ4n) is 8.07. The van der Waals surface area contributed by atoms with Crippen LogP contribution in [0.1, 0.15) is 0 Å². The lowest BCUT2D eigenvalue weighted by molar-refractivity contribution is 1.60. The molecule has 0 bridgehead atoms. The topological polar surface area (TPSA) is 0 Å². The van der Waals surface area contributed by atoms with Crippen LogP contribution in [0.25, 0.3) is 98.4 Å². The van der Waals surface area contributed by atoms with Crippen molar-refractivity contribution in [2.75, 3.05) is 0 Å². The normalized spacial score (nSPS) is 11.8. The highest BCUT2D eigenvalue weighted by molar-refractivity contribution is 6.24. The summed E-state index contributed by atoms with van der Waals surface area (Å²) in [6.45, 7) is 0. The number of hydrogen-bond donors (Lipinski definition) is 0. The van der Waals surface area contributed by atoms with Crippen molar-refractivity contribution in [3.05, 3.63) is 182 Å². The summed E-state index contributed by atoms with van der Waals surface area (Å²) in [4.78, 5) is 0. The van der Waals surface area contributed by atoms with Gasteiger partial charge in [0.1, 0.15) is 0 Å². The highest BCUT2D eigenvalue weighted by Crippen LogP contribution is 2.46. The lowest BCUT2D eigenvalue weighted by atomic mass is 9.83. The molecule has 0 aromatic heterocycles. The van der Waals surface area contributed by atoms with Crippen LogP contribution in [0, 0.1) is 0 Å². The molecule has 0 aliphatic carbocycles. The third-order valence-corrected chi connectivity index (χ3v) is 10.2. The van der Waals surface area contributed by atoms with Crippen LogP contribution in [-0.2, 0) is 0 Å². The molecule has 0 fully saturated rings. The van der Waals surface area contributed by atoms with Gasteiger partial charge in [-0.25, -0.2) is 0 Å². The molecule has 0 aliphatic heterocycles. The van der Waals surface area contributed by atoms with Gasteiger partial charge in [-0.15, -0.1) is 0 Å². The molecule has 48 heavy (non-hydrogen) atoms. The van der Waals surface area contributed by atoms with E-state index in [-0.39, 0.29) is 0 Å². The van der Waals surface area contributed by atoms with Gasteiger partial charge < -0.3 is 0 Å². The second-order valence-corrected chi connectivity index (χ2v) is 12.8. The maximum atomic E-state index is 2.39. The van der Waals surface area contributed by atoms with Crippen molar-refractivity contribution in [2.24, 2.45) is 0 Å². The molecule has 0 spiro atoms. The van der Waals surface area contributed by atoms with E-state index >= 15 is 0 Å². The molecule has 10 aromatic rings. The molecule has 0 atom stereocenters. The summed E-state index contributed by atoms with van der Waals surface area (Å²) in [7, 11) is 0. The van der Waals surface area contributed by atoms with Gasteiger partial charge in [-0.2, -0.15) is 0 Å². The molecule has 0 amide bonds. The molecule has 0 heterocycles. The van der Waals surface area contributed by atoms with Crippen LogP contribution in [-0.4, -0.2) is 0 Å². The minimum atomic E-state index is 1.23. The van der Waals surface area contributed by atoms with Crippen molar-refractivity contribution in [3.8, 4) is 44.5 Å². The van der Waals surface area contributed by atoms with Crippen LogP contribution < -0.4 is 0 Å². The molecule has 10 rings (SSSR count). The summed E-state index contributed by atoms with van der Waals surface area (Å²) >= 11 is 0. The van der Waals surface area contributed by atoms with Crippen LogP contribution in [0.15, 0.2) is 182 Å². The first kappa shape index (κ1) is 26.9. The van der Waals surface area contributed by atoms with E-state index in [2.05, 4.69) is 182 Å². The summed E-state index contributed by atoms with van der Waals surface area (Å²) in [5.41, 5.74) is 9.99. The largest absolute Gasteiger partial charge is 0.0622 e. The van der Waals surface area contributed by atoms with E-state index in [4.69, 9.17) is 0 Å². The summed E-state index contributed by atoms with van der Waals surface area (Å²) in [5, 5.41) is 13.0. The molecule has 0 nitrogen and oxygen atoms in total. The lowest BCUT2D eigenvalue weighted by Crippen LogP contribution is -1.93. The fraction of sp³-hybridized carbons (Fsp3) is 0. The molecule has 0 radical (unpaired) electrons. The Bertz CT molecular complexity index is 2700. The Balaban J connectivity index is 1.21. The first-order chi connectivity index (χ1) is 23.8. The van der Waals surface area contributed by atoms with Crippen molar-refractivity contribution in [1.82, 2.24) is 0 Å². The van der Waals surface area contributed by atoms with Crippen LogP contribution in [0.3, 0.4) is 0 Å². The molecule has 0 saturated heterocycles. The SMILES string of the molecule is c1ccc(-c2ccccc2-c2c3ccccc3c(-c3cccc(-c4cc5ccc6cccc7ccc(c4)c5c67)c3)c3ccccc23)cc1. The molecular weight excluding hydrogens is 577 g/mol. The molecular formula is C48H30. The van der Waals surface area contributed by atoms with Crippen LogP contribution in [0.4, 0.5) is 0 Å². The third-order valence-electron chi connectivity index (χ3n) is 10.2. The first-order valence-electron chi connectivity index (χ1n) is 16.7. The Labute approximate surface area is 279 Å². The lowest BCUT2D eigenvalue weighted by Gasteiger charge is -2.20.